The first-order valence-electron chi connectivity index (χ1n) is 10.4. The molecule has 0 aliphatic heterocycles. The minimum Gasteiger partial charge on any atom is -0.491 e. The Bertz CT molecular complexity index is 792. The summed E-state index contributed by atoms with van der Waals surface area (Å²) in [5.41, 5.74) is 3.02. The molecule has 2 rings (SSSR count). The third kappa shape index (κ3) is 8.91. The van der Waals surface area contributed by atoms with Gasteiger partial charge in [0.25, 0.3) is 0 Å². The summed E-state index contributed by atoms with van der Waals surface area (Å²) < 4.78 is 7.73. The van der Waals surface area contributed by atoms with Crippen molar-refractivity contribution >= 4 is 29.9 Å². The predicted molar refractivity (Wildman–Crippen MR) is 133 cm³/mol. The van der Waals surface area contributed by atoms with Crippen LogP contribution < -0.4 is 15.4 Å². The zero-order valence-electron chi connectivity index (χ0n) is 18.7. The van der Waals surface area contributed by atoms with Crippen LogP contribution in [0.15, 0.2) is 35.3 Å². The topological polar surface area (TPSA) is 83.7 Å². The van der Waals surface area contributed by atoms with Crippen molar-refractivity contribution in [3.63, 3.8) is 0 Å². The zero-order chi connectivity index (χ0) is 21.2. The number of benzene rings is 1. The SMILES string of the molecule is CCNC(=NCC(O)c1cccc(OC(C)C)c1)NCCCn1nc(C)cc1C.I. The lowest BCUT2D eigenvalue weighted by Crippen LogP contribution is -2.38. The number of hydrogen-bond acceptors (Lipinski definition) is 4. The predicted octanol–water partition coefficient (Wildman–Crippen LogP) is 3.58. The lowest BCUT2D eigenvalue weighted by molar-refractivity contribution is 0.185. The number of halogens is 1. The molecule has 168 valence electrons. The highest BCUT2D eigenvalue weighted by Crippen LogP contribution is 2.20. The summed E-state index contributed by atoms with van der Waals surface area (Å²) >= 11 is 0. The first-order chi connectivity index (χ1) is 13.9. The highest BCUT2D eigenvalue weighted by molar-refractivity contribution is 14.0. The smallest absolute Gasteiger partial charge is 0.191 e. The lowest BCUT2D eigenvalue weighted by Gasteiger charge is -2.15. The maximum Gasteiger partial charge on any atom is 0.191 e. The fraction of sp³-hybridized carbons (Fsp3) is 0.545. The molecule has 2 aromatic rings. The van der Waals surface area contributed by atoms with Crippen LogP contribution in [0.5, 0.6) is 5.75 Å². The first kappa shape index (κ1) is 26.2. The van der Waals surface area contributed by atoms with Crippen molar-refractivity contribution < 1.29 is 9.84 Å². The Hall–Kier alpha value is -1.81. The molecule has 0 aliphatic carbocycles. The molecule has 3 N–H and O–H groups in total. The van der Waals surface area contributed by atoms with Crippen LogP contribution in [0.1, 0.15) is 50.2 Å². The van der Waals surface area contributed by atoms with Gasteiger partial charge >= 0.3 is 0 Å². The average Bonchev–Trinajstić information content (AvgIpc) is 2.99. The van der Waals surface area contributed by atoms with Gasteiger partial charge in [-0.3, -0.25) is 9.67 Å². The van der Waals surface area contributed by atoms with Gasteiger partial charge in [-0.1, -0.05) is 12.1 Å². The molecule has 0 amide bonds. The van der Waals surface area contributed by atoms with Crippen molar-refractivity contribution in [2.75, 3.05) is 19.6 Å². The number of aliphatic hydroxyl groups excluding tert-OH is 1. The number of hydrogen-bond donors (Lipinski definition) is 3. The van der Waals surface area contributed by atoms with Gasteiger partial charge in [0.2, 0.25) is 0 Å². The van der Waals surface area contributed by atoms with Gasteiger partial charge in [-0.15, -0.1) is 24.0 Å². The highest BCUT2D eigenvalue weighted by atomic mass is 127. The maximum absolute atomic E-state index is 10.5. The summed E-state index contributed by atoms with van der Waals surface area (Å²) in [5.74, 6) is 1.46. The Morgan fingerprint density at radius 1 is 1.23 bits per heavy atom. The second-order valence-corrected chi connectivity index (χ2v) is 7.41. The Morgan fingerprint density at radius 3 is 2.63 bits per heavy atom. The lowest BCUT2D eigenvalue weighted by atomic mass is 10.1. The van der Waals surface area contributed by atoms with Crippen LogP contribution in [0.25, 0.3) is 0 Å². The van der Waals surface area contributed by atoms with Gasteiger partial charge in [-0.25, -0.2) is 0 Å². The Kier molecular flexibility index (Phi) is 11.8. The van der Waals surface area contributed by atoms with Gasteiger partial charge in [0.05, 0.1) is 24.4 Å². The third-order valence-electron chi connectivity index (χ3n) is 4.32. The van der Waals surface area contributed by atoms with Gasteiger partial charge in [0.15, 0.2) is 5.96 Å². The fourth-order valence-corrected chi connectivity index (χ4v) is 3.03. The van der Waals surface area contributed by atoms with Crippen LogP contribution in [-0.4, -0.2) is 46.6 Å². The van der Waals surface area contributed by atoms with Gasteiger partial charge in [0.1, 0.15) is 5.75 Å². The molecule has 1 atom stereocenters. The van der Waals surface area contributed by atoms with Crippen LogP contribution >= 0.6 is 24.0 Å². The standard InChI is InChI=1S/C22H35N5O2.HI/c1-6-23-22(24-11-8-12-27-18(5)13-17(4)26-27)25-15-21(28)19-9-7-10-20(14-19)29-16(2)3;/h7,9-10,13-14,16,21,28H,6,8,11-12,15H2,1-5H3,(H2,23,24,25);1H. The van der Waals surface area contributed by atoms with Crippen molar-refractivity contribution in [1.29, 1.82) is 0 Å². The second kappa shape index (κ2) is 13.5. The molecule has 1 aromatic carbocycles. The van der Waals surface area contributed by atoms with E-state index in [-0.39, 0.29) is 36.6 Å². The number of rotatable bonds is 10. The number of aliphatic imine (C=N–C) groups is 1. The van der Waals surface area contributed by atoms with Crippen molar-refractivity contribution in [2.45, 2.75) is 59.8 Å². The van der Waals surface area contributed by atoms with E-state index in [9.17, 15) is 5.11 Å². The molecule has 0 spiro atoms. The zero-order valence-corrected chi connectivity index (χ0v) is 21.0. The fourth-order valence-electron chi connectivity index (χ4n) is 3.03. The number of aryl methyl sites for hydroxylation is 3. The quantitative estimate of drug-likeness (QED) is 0.190. The van der Waals surface area contributed by atoms with Crippen LogP contribution in [-0.2, 0) is 6.54 Å². The Morgan fingerprint density at radius 2 is 2.00 bits per heavy atom. The molecule has 1 heterocycles. The minimum absolute atomic E-state index is 0. The normalized spacial score (nSPS) is 12.4. The number of ether oxygens (including phenoxy) is 1. The number of aromatic nitrogens is 2. The summed E-state index contributed by atoms with van der Waals surface area (Å²) in [5, 5.41) is 21.5. The summed E-state index contributed by atoms with van der Waals surface area (Å²) in [6.07, 6.45) is 0.346. The minimum atomic E-state index is -0.684. The molecule has 0 fully saturated rings. The van der Waals surface area contributed by atoms with E-state index >= 15 is 0 Å². The molecule has 0 radical (unpaired) electrons. The molecule has 0 aliphatic rings. The summed E-state index contributed by atoms with van der Waals surface area (Å²) in [6, 6.07) is 9.63. The van der Waals surface area contributed by atoms with Crippen molar-refractivity contribution in [3.05, 3.63) is 47.3 Å². The average molecular weight is 529 g/mol. The summed E-state index contributed by atoms with van der Waals surface area (Å²) in [6.45, 7) is 12.7. The molecule has 0 saturated heterocycles. The van der Waals surface area contributed by atoms with E-state index in [4.69, 9.17) is 4.74 Å². The number of aliphatic hydroxyl groups is 1. The van der Waals surface area contributed by atoms with Gasteiger partial charge in [-0.05, 0) is 64.8 Å². The molecule has 0 saturated carbocycles. The molecule has 8 heteroatoms. The Balaban J connectivity index is 0.00000450. The Labute approximate surface area is 197 Å². The van der Waals surface area contributed by atoms with E-state index in [0.717, 1.165) is 43.1 Å². The van der Waals surface area contributed by atoms with Crippen LogP contribution in [0.4, 0.5) is 0 Å². The number of guanidine groups is 1. The third-order valence-corrected chi connectivity index (χ3v) is 4.32. The van der Waals surface area contributed by atoms with Gasteiger partial charge in [-0.2, -0.15) is 5.10 Å². The van der Waals surface area contributed by atoms with E-state index in [2.05, 4.69) is 33.7 Å². The van der Waals surface area contributed by atoms with E-state index in [1.165, 1.54) is 5.69 Å². The van der Waals surface area contributed by atoms with E-state index in [0.29, 0.717) is 5.96 Å². The molecule has 1 aromatic heterocycles. The van der Waals surface area contributed by atoms with Crippen molar-refractivity contribution in [2.24, 2.45) is 4.99 Å². The largest absolute Gasteiger partial charge is 0.491 e. The van der Waals surface area contributed by atoms with Crippen molar-refractivity contribution in [1.82, 2.24) is 20.4 Å². The number of nitrogens with one attached hydrogen (secondary N) is 2. The molecule has 30 heavy (non-hydrogen) atoms. The van der Waals surface area contributed by atoms with Gasteiger partial charge < -0.3 is 20.5 Å². The molecule has 7 nitrogen and oxygen atoms in total. The summed E-state index contributed by atoms with van der Waals surface area (Å²) in [4.78, 5) is 4.53. The highest BCUT2D eigenvalue weighted by Gasteiger charge is 2.09. The van der Waals surface area contributed by atoms with Crippen LogP contribution in [0, 0.1) is 13.8 Å². The second-order valence-electron chi connectivity index (χ2n) is 7.41. The molecule has 0 bridgehead atoms. The van der Waals surface area contributed by atoms with Crippen LogP contribution in [0.2, 0.25) is 0 Å². The van der Waals surface area contributed by atoms with Gasteiger partial charge in [0, 0.05) is 25.3 Å². The van der Waals surface area contributed by atoms with E-state index < -0.39 is 6.10 Å². The number of nitrogens with zero attached hydrogens (tertiary/aromatic N) is 3. The summed E-state index contributed by atoms with van der Waals surface area (Å²) in [7, 11) is 0. The van der Waals surface area contributed by atoms with E-state index in [1.54, 1.807) is 0 Å². The molecule has 1 unspecified atom stereocenters. The molecular weight excluding hydrogens is 493 g/mol. The van der Waals surface area contributed by atoms with E-state index in [1.807, 2.05) is 56.6 Å². The van der Waals surface area contributed by atoms with Crippen molar-refractivity contribution in [3.8, 4) is 5.75 Å². The monoisotopic (exact) mass is 529 g/mol. The van der Waals surface area contributed by atoms with Crippen LogP contribution in [0.3, 0.4) is 0 Å². The molecular formula is C22H36IN5O2. The maximum atomic E-state index is 10.5. The first-order valence-corrected chi connectivity index (χ1v) is 10.4.